The molecule has 3 aromatic carbocycles. The number of alkyl halides is 2. The number of rotatable bonds is 8. The lowest BCUT2D eigenvalue weighted by Crippen LogP contribution is -2.24. The largest absolute Gasteiger partial charge is 0.429 e. The molecule has 0 aliphatic heterocycles. The summed E-state index contributed by atoms with van der Waals surface area (Å²) < 4.78 is 115. The van der Waals surface area contributed by atoms with Gasteiger partial charge in [-0.1, -0.05) is 31.5 Å². The van der Waals surface area contributed by atoms with Crippen LogP contribution in [0.1, 0.15) is 35.6 Å². The van der Waals surface area contributed by atoms with Crippen LogP contribution in [-0.4, -0.2) is 0 Å². The first-order valence-electron chi connectivity index (χ1n) is 9.99. The fourth-order valence-electron chi connectivity index (χ4n) is 3.31. The summed E-state index contributed by atoms with van der Waals surface area (Å²) >= 11 is 0. The summed E-state index contributed by atoms with van der Waals surface area (Å²) in [7, 11) is 0. The molecule has 9 heteroatoms. The molecule has 1 nitrogen and oxygen atoms in total. The van der Waals surface area contributed by atoms with Gasteiger partial charge < -0.3 is 4.74 Å². The minimum Gasteiger partial charge on any atom is -0.429 e. The van der Waals surface area contributed by atoms with E-state index in [4.69, 9.17) is 0 Å². The van der Waals surface area contributed by atoms with Gasteiger partial charge in [-0.05, 0) is 48.1 Å². The predicted molar refractivity (Wildman–Crippen MR) is 105 cm³/mol. The van der Waals surface area contributed by atoms with Crippen molar-refractivity contribution >= 4 is 0 Å². The molecule has 33 heavy (non-hydrogen) atoms. The standard InChI is InChI=1S/C24H18F8O/c1-2-3-14-7-8-15(22(29)21(14)28)6-4-13-5-9-17(18(25)10-13)24(31,32)33-16-11-19(26)23(30)20(27)12-16/h5,7-12H,2-4,6H2,1H3. The number of ether oxygens (including phenoxy) is 1. The monoisotopic (exact) mass is 474 g/mol. The van der Waals surface area contributed by atoms with Crippen LogP contribution in [0.25, 0.3) is 0 Å². The minimum atomic E-state index is -4.33. The molecule has 0 unspecified atom stereocenters. The van der Waals surface area contributed by atoms with Crippen molar-refractivity contribution in [2.24, 2.45) is 0 Å². The first kappa shape index (κ1) is 24.5. The van der Waals surface area contributed by atoms with E-state index in [1.807, 2.05) is 6.92 Å². The van der Waals surface area contributed by atoms with Gasteiger partial charge in [0.1, 0.15) is 11.6 Å². The SMILES string of the molecule is CCCc1ccc(CCc2ccc(C(F)(F)Oc3cc(F)c(F)c(F)c3)c(F)c2)c(F)c1F. The van der Waals surface area contributed by atoms with E-state index < -0.39 is 52.3 Å². The maximum atomic E-state index is 14.4. The summed E-state index contributed by atoms with van der Waals surface area (Å²) in [5.74, 6) is -9.73. The first-order chi connectivity index (χ1) is 15.5. The highest BCUT2D eigenvalue weighted by Gasteiger charge is 2.38. The Morgan fingerprint density at radius 2 is 1.24 bits per heavy atom. The lowest BCUT2D eigenvalue weighted by Gasteiger charge is -2.19. The highest BCUT2D eigenvalue weighted by atomic mass is 19.3. The molecular weight excluding hydrogens is 456 g/mol. The second-order valence-electron chi connectivity index (χ2n) is 7.40. The molecule has 0 heterocycles. The van der Waals surface area contributed by atoms with Crippen molar-refractivity contribution in [1.82, 2.24) is 0 Å². The molecule has 0 aliphatic rings. The van der Waals surface area contributed by atoms with Gasteiger partial charge in [-0.3, -0.25) is 0 Å². The van der Waals surface area contributed by atoms with Crippen LogP contribution in [0.4, 0.5) is 35.1 Å². The zero-order valence-corrected chi connectivity index (χ0v) is 17.3. The average molecular weight is 474 g/mol. The molecule has 0 spiro atoms. The second kappa shape index (κ2) is 9.80. The predicted octanol–water partition coefficient (Wildman–Crippen LogP) is 7.39. The Hall–Kier alpha value is -3.10. The second-order valence-corrected chi connectivity index (χ2v) is 7.40. The van der Waals surface area contributed by atoms with Crippen LogP contribution < -0.4 is 4.74 Å². The maximum Gasteiger partial charge on any atom is 0.429 e. The zero-order valence-electron chi connectivity index (χ0n) is 17.3. The zero-order chi connectivity index (χ0) is 24.3. The quantitative estimate of drug-likeness (QED) is 0.244. The van der Waals surface area contributed by atoms with Gasteiger partial charge in [-0.15, -0.1) is 0 Å². The van der Waals surface area contributed by atoms with Crippen molar-refractivity contribution < 1.29 is 39.9 Å². The molecule has 3 rings (SSSR count). The summed E-state index contributed by atoms with van der Waals surface area (Å²) in [5.41, 5.74) is -0.691. The molecule has 0 amide bonds. The van der Waals surface area contributed by atoms with Crippen LogP contribution in [0.5, 0.6) is 5.75 Å². The Morgan fingerprint density at radius 3 is 1.79 bits per heavy atom. The van der Waals surface area contributed by atoms with Crippen LogP contribution in [0, 0.1) is 34.9 Å². The van der Waals surface area contributed by atoms with Crippen LogP contribution in [-0.2, 0) is 25.4 Å². The molecule has 0 saturated heterocycles. The maximum absolute atomic E-state index is 14.4. The van der Waals surface area contributed by atoms with Crippen LogP contribution in [0.15, 0.2) is 42.5 Å². The molecule has 0 aromatic heterocycles. The summed E-state index contributed by atoms with van der Waals surface area (Å²) in [4.78, 5) is 0. The van der Waals surface area contributed by atoms with E-state index in [0.717, 1.165) is 12.1 Å². The Kier molecular flexibility index (Phi) is 7.29. The van der Waals surface area contributed by atoms with E-state index in [0.29, 0.717) is 18.9 Å². The Labute approximate surface area is 184 Å². The van der Waals surface area contributed by atoms with Crippen molar-refractivity contribution in [1.29, 1.82) is 0 Å². The lowest BCUT2D eigenvalue weighted by atomic mass is 9.99. The van der Waals surface area contributed by atoms with Crippen LogP contribution in [0.3, 0.4) is 0 Å². The Bertz CT molecular complexity index is 1140. The van der Waals surface area contributed by atoms with E-state index in [-0.39, 0.29) is 41.7 Å². The van der Waals surface area contributed by atoms with Gasteiger partial charge in [0.15, 0.2) is 29.1 Å². The van der Waals surface area contributed by atoms with Gasteiger partial charge in [-0.25, -0.2) is 26.3 Å². The van der Waals surface area contributed by atoms with Crippen LogP contribution in [0.2, 0.25) is 0 Å². The highest BCUT2D eigenvalue weighted by molar-refractivity contribution is 5.32. The average Bonchev–Trinajstić information content (AvgIpc) is 2.74. The number of hydrogen-bond acceptors (Lipinski definition) is 1. The topological polar surface area (TPSA) is 9.23 Å². The highest BCUT2D eigenvalue weighted by Crippen LogP contribution is 2.34. The third-order valence-electron chi connectivity index (χ3n) is 5.00. The van der Waals surface area contributed by atoms with Crippen LogP contribution >= 0.6 is 0 Å². The Morgan fingerprint density at radius 1 is 0.667 bits per heavy atom. The summed E-state index contributed by atoms with van der Waals surface area (Å²) in [6.07, 6.45) is -3.29. The van der Waals surface area contributed by atoms with E-state index in [2.05, 4.69) is 4.74 Å². The van der Waals surface area contributed by atoms with Gasteiger partial charge in [0.25, 0.3) is 0 Å². The number of hydrogen-bond donors (Lipinski definition) is 0. The molecule has 0 aliphatic carbocycles. The third kappa shape index (κ3) is 5.46. The number of benzene rings is 3. The number of halogens is 8. The number of aryl methyl sites for hydroxylation is 3. The van der Waals surface area contributed by atoms with Crippen molar-refractivity contribution in [3.8, 4) is 5.75 Å². The lowest BCUT2D eigenvalue weighted by molar-refractivity contribution is -0.187. The molecular formula is C24H18F8O. The van der Waals surface area contributed by atoms with Crippen molar-refractivity contribution in [3.63, 3.8) is 0 Å². The first-order valence-corrected chi connectivity index (χ1v) is 9.99. The normalized spacial score (nSPS) is 11.7. The molecule has 0 saturated carbocycles. The van der Waals surface area contributed by atoms with E-state index in [1.54, 1.807) is 0 Å². The van der Waals surface area contributed by atoms with Crippen molar-refractivity contribution in [2.45, 2.75) is 38.7 Å². The smallest absolute Gasteiger partial charge is 0.429 e. The van der Waals surface area contributed by atoms with E-state index in [9.17, 15) is 35.1 Å². The third-order valence-corrected chi connectivity index (χ3v) is 5.00. The summed E-state index contributed by atoms with van der Waals surface area (Å²) in [6.45, 7) is 1.83. The van der Waals surface area contributed by atoms with E-state index >= 15 is 0 Å². The molecule has 176 valence electrons. The van der Waals surface area contributed by atoms with Crippen molar-refractivity contribution in [3.05, 3.63) is 99.6 Å². The molecule has 3 aromatic rings. The Balaban J connectivity index is 1.75. The summed E-state index contributed by atoms with van der Waals surface area (Å²) in [5, 5.41) is 0. The van der Waals surface area contributed by atoms with Gasteiger partial charge in [0.2, 0.25) is 0 Å². The fraction of sp³-hybridized carbons (Fsp3) is 0.250. The molecule has 0 N–H and O–H groups in total. The molecule has 0 bridgehead atoms. The van der Waals surface area contributed by atoms with Gasteiger partial charge in [0, 0.05) is 12.1 Å². The van der Waals surface area contributed by atoms with Gasteiger partial charge >= 0.3 is 6.11 Å². The minimum absolute atomic E-state index is 0.00499. The molecule has 0 radical (unpaired) electrons. The van der Waals surface area contributed by atoms with Crippen molar-refractivity contribution in [2.75, 3.05) is 0 Å². The van der Waals surface area contributed by atoms with Gasteiger partial charge in [0.05, 0.1) is 5.56 Å². The molecule has 0 fully saturated rings. The summed E-state index contributed by atoms with van der Waals surface area (Å²) in [6, 6.07) is 5.94. The van der Waals surface area contributed by atoms with E-state index in [1.165, 1.54) is 12.1 Å². The fourth-order valence-corrected chi connectivity index (χ4v) is 3.31. The molecule has 0 atom stereocenters. The van der Waals surface area contributed by atoms with Gasteiger partial charge in [-0.2, -0.15) is 8.78 Å².